The predicted molar refractivity (Wildman–Crippen MR) is 108 cm³/mol. The van der Waals surface area contributed by atoms with Crippen LogP contribution in [0.25, 0.3) is 21.7 Å². The van der Waals surface area contributed by atoms with Crippen LogP contribution in [-0.4, -0.2) is 57.5 Å². The standard InChI is InChI=1S/C20H19F3N4O4S/c1-2-30-16(20(21,22)23)10-3-4-11(18-24-5-6-32-18)15-13(10)26-17(31-15)14-12-7-9(8-25-14)27(12)19(28)29/h3-6,9,12,14,16,25H,2,7-8H2,1H3,(H,28,29). The van der Waals surface area contributed by atoms with Gasteiger partial charge in [-0.25, -0.2) is 14.8 Å². The third-order valence-corrected chi connectivity index (χ3v) is 6.68. The van der Waals surface area contributed by atoms with E-state index >= 15 is 0 Å². The first-order valence-electron chi connectivity index (χ1n) is 10.1. The van der Waals surface area contributed by atoms with Crippen molar-refractivity contribution in [1.29, 1.82) is 0 Å². The zero-order valence-electron chi connectivity index (χ0n) is 16.8. The number of alkyl halides is 3. The second-order valence-electron chi connectivity index (χ2n) is 7.68. The maximum Gasteiger partial charge on any atom is 0.418 e. The average molecular weight is 468 g/mol. The number of halogens is 3. The Morgan fingerprint density at radius 2 is 2.28 bits per heavy atom. The van der Waals surface area contributed by atoms with Gasteiger partial charge in [0, 0.05) is 36.3 Å². The molecule has 2 bridgehead atoms. The van der Waals surface area contributed by atoms with Crippen LogP contribution in [0.3, 0.4) is 0 Å². The Morgan fingerprint density at radius 3 is 2.91 bits per heavy atom. The molecule has 170 valence electrons. The molecule has 3 saturated heterocycles. The molecule has 4 unspecified atom stereocenters. The van der Waals surface area contributed by atoms with Crippen LogP contribution in [0.2, 0.25) is 0 Å². The molecule has 2 N–H and O–H groups in total. The van der Waals surface area contributed by atoms with E-state index in [-0.39, 0.29) is 35.2 Å². The third kappa shape index (κ3) is 3.33. The number of carbonyl (C=O) groups is 1. The summed E-state index contributed by atoms with van der Waals surface area (Å²) in [4.78, 5) is 21.6. The van der Waals surface area contributed by atoms with Crippen LogP contribution in [0.15, 0.2) is 28.1 Å². The summed E-state index contributed by atoms with van der Waals surface area (Å²) < 4.78 is 52.4. The Bertz CT molecular complexity index is 1150. The van der Waals surface area contributed by atoms with Gasteiger partial charge in [0.25, 0.3) is 0 Å². The van der Waals surface area contributed by atoms with E-state index in [1.807, 2.05) is 0 Å². The molecule has 2 aromatic heterocycles. The Labute approximate surface area is 184 Å². The fraction of sp³-hybridized carbons (Fsp3) is 0.450. The van der Waals surface area contributed by atoms with Crippen molar-refractivity contribution in [3.05, 3.63) is 35.2 Å². The number of oxazole rings is 1. The summed E-state index contributed by atoms with van der Waals surface area (Å²) >= 11 is 1.32. The van der Waals surface area contributed by atoms with Crippen molar-refractivity contribution >= 4 is 28.5 Å². The van der Waals surface area contributed by atoms with E-state index in [0.29, 0.717) is 23.5 Å². The molecule has 3 aliphatic rings. The van der Waals surface area contributed by atoms with Crippen LogP contribution in [0, 0.1) is 0 Å². The van der Waals surface area contributed by atoms with Gasteiger partial charge >= 0.3 is 12.3 Å². The van der Waals surface area contributed by atoms with E-state index in [0.717, 1.165) is 0 Å². The number of benzene rings is 1. The largest absolute Gasteiger partial charge is 0.465 e. The lowest BCUT2D eigenvalue weighted by Gasteiger charge is -2.54. The van der Waals surface area contributed by atoms with Crippen molar-refractivity contribution in [2.24, 2.45) is 0 Å². The molecule has 3 fully saturated rings. The minimum Gasteiger partial charge on any atom is -0.465 e. The second-order valence-corrected chi connectivity index (χ2v) is 8.57. The molecule has 5 heterocycles. The minimum absolute atomic E-state index is 0.0357. The molecule has 0 radical (unpaired) electrons. The number of thiazole rings is 1. The molecular formula is C20H19F3N4O4S. The van der Waals surface area contributed by atoms with Gasteiger partial charge in [0.15, 0.2) is 11.7 Å². The van der Waals surface area contributed by atoms with Gasteiger partial charge in [-0.3, -0.25) is 4.90 Å². The van der Waals surface area contributed by atoms with Crippen molar-refractivity contribution < 1.29 is 32.2 Å². The molecule has 3 aliphatic heterocycles. The summed E-state index contributed by atoms with van der Waals surface area (Å²) in [6.45, 7) is 1.78. The number of fused-ring (bicyclic) bond motifs is 3. The highest BCUT2D eigenvalue weighted by Gasteiger charge is 2.52. The molecule has 6 rings (SSSR count). The molecule has 8 nitrogen and oxygen atoms in total. The number of carboxylic acid groups (broad SMARTS) is 1. The number of amides is 1. The number of hydrogen-bond acceptors (Lipinski definition) is 7. The average Bonchev–Trinajstić information content (AvgIpc) is 3.40. The summed E-state index contributed by atoms with van der Waals surface area (Å²) in [5.41, 5.74) is 0.578. The summed E-state index contributed by atoms with van der Waals surface area (Å²) in [5, 5.41) is 15.0. The number of piperazine rings is 1. The Morgan fingerprint density at radius 1 is 1.47 bits per heavy atom. The van der Waals surface area contributed by atoms with Crippen LogP contribution < -0.4 is 5.32 Å². The third-order valence-electron chi connectivity index (χ3n) is 5.88. The fourth-order valence-electron chi connectivity index (χ4n) is 4.51. The highest BCUT2D eigenvalue weighted by atomic mass is 32.1. The van der Waals surface area contributed by atoms with Gasteiger partial charge in [0.1, 0.15) is 16.6 Å². The molecule has 3 aromatic rings. The number of ether oxygens (including phenoxy) is 1. The van der Waals surface area contributed by atoms with Gasteiger partial charge in [-0.05, 0) is 19.4 Å². The molecule has 0 aliphatic carbocycles. The Hall–Kier alpha value is -2.70. The number of hydrogen-bond donors (Lipinski definition) is 2. The lowest BCUT2D eigenvalue weighted by Crippen LogP contribution is -2.70. The molecule has 0 saturated carbocycles. The summed E-state index contributed by atoms with van der Waals surface area (Å²) in [6.07, 6.45) is -5.61. The predicted octanol–water partition coefficient (Wildman–Crippen LogP) is 4.36. The second kappa shape index (κ2) is 7.71. The SMILES string of the molecule is CCOC(c1ccc(-c2nccs2)c2oc(C3NCC4CC3N4C(=O)O)nc12)C(F)(F)F. The van der Waals surface area contributed by atoms with Crippen LogP contribution in [0.1, 0.15) is 36.9 Å². The zero-order valence-corrected chi connectivity index (χ0v) is 17.6. The topological polar surface area (TPSA) is 101 Å². The molecule has 32 heavy (non-hydrogen) atoms. The number of nitrogens with zero attached hydrogens (tertiary/aromatic N) is 3. The number of piperidine rings is 1. The molecule has 1 aromatic carbocycles. The highest BCUT2D eigenvalue weighted by Crippen LogP contribution is 2.44. The van der Waals surface area contributed by atoms with E-state index in [9.17, 15) is 23.1 Å². The van der Waals surface area contributed by atoms with Gasteiger partial charge in [-0.1, -0.05) is 6.07 Å². The van der Waals surface area contributed by atoms with Crippen molar-refractivity contribution in [2.45, 2.75) is 43.8 Å². The number of rotatable bonds is 5. The lowest BCUT2D eigenvalue weighted by atomic mass is 9.83. The maximum atomic E-state index is 13.8. The van der Waals surface area contributed by atoms with E-state index in [1.54, 1.807) is 11.6 Å². The number of nitrogens with one attached hydrogen (secondary N) is 1. The highest BCUT2D eigenvalue weighted by molar-refractivity contribution is 7.13. The molecule has 4 atom stereocenters. The van der Waals surface area contributed by atoms with Crippen molar-refractivity contribution in [3.63, 3.8) is 0 Å². The normalized spacial score (nSPS) is 23.9. The smallest absolute Gasteiger partial charge is 0.418 e. The maximum absolute atomic E-state index is 13.8. The summed E-state index contributed by atoms with van der Waals surface area (Å²) in [6, 6.07) is 1.80. The van der Waals surface area contributed by atoms with Gasteiger partial charge in [0.05, 0.1) is 11.6 Å². The van der Waals surface area contributed by atoms with Crippen molar-refractivity contribution in [2.75, 3.05) is 13.2 Å². The number of aromatic nitrogens is 2. The van der Waals surface area contributed by atoms with Crippen LogP contribution in [-0.2, 0) is 4.74 Å². The zero-order chi connectivity index (χ0) is 22.6. The first-order chi connectivity index (χ1) is 15.3. The first-order valence-corrected chi connectivity index (χ1v) is 10.9. The van der Waals surface area contributed by atoms with E-state index in [1.165, 1.54) is 35.3 Å². The fourth-order valence-corrected chi connectivity index (χ4v) is 5.17. The van der Waals surface area contributed by atoms with E-state index in [2.05, 4.69) is 15.3 Å². The van der Waals surface area contributed by atoms with Crippen LogP contribution in [0.4, 0.5) is 18.0 Å². The van der Waals surface area contributed by atoms with Gasteiger partial charge < -0.3 is 19.6 Å². The lowest BCUT2D eigenvalue weighted by molar-refractivity contribution is -0.222. The van der Waals surface area contributed by atoms with Crippen molar-refractivity contribution in [3.8, 4) is 10.6 Å². The Kier molecular flexibility index (Phi) is 5.10. The van der Waals surface area contributed by atoms with Crippen LogP contribution >= 0.6 is 11.3 Å². The van der Waals surface area contributed by atoms with Gasteiger partial charge in [-0.2, -0.15) is 13.2 Å². The van der Waals surface area contributed by atoms with Gasteiger partial charge in [0.2, 0.25) is 5.89 Å². The van der Waals surface area contributed by atoms with Crippen molar-refractivity contribution in [1.82, 2.24) is 20.2 Å². The quantitative estimate of drug-likeness (QED) is 0.574. The van der Waals surface area contributed by atoms with Crippen LogP contribution in [0.5, 0.6) is 0 Å². The molecule has 0 spiro atoms. The molecular weight excluding hydrogens is 449 g/mol. The molecule has 1 amide bonds. The summed E-state index contributed by atoms with van der Waals surface area (Å²) in [7, 11) is 0. The minimum atomic E-state index is -4.64. The van der Waals surface area contributed by atoms with E-state index < -0.39 is 30.5 Å². The molecule has 12 heteroatoms. The van der Waals surface area contributed by atoms with Gasteiger partial charge in [-0.15, -0.1) is 11.3 Å². The van der Waals surface area contributed by atoms with E-state index in [4.69, 9.17) is 9.15 Å². The Balaban J connectivity index is 1.65. The summed E-state index contributed by atoms with van der Waals surface area (Å²) in [5.74, 6) is 0.150. The first kappa shape index (κ1) is 21.2. The monoisotopic (exact) mass is 468 g/mol.